The average molecular weight is 370 g/mol. The molecule has 0 aliphatic rings. The molecule has 0 bridgehead atoms. The molecule has 0 aromatic heterocycles. The Morgan fingerprint density at radius 3 is 2.41 bits per heavy atom. The number of benzene rings is 2. The SMILES string of the molecule is CCC(C)c1ccccc1NC(=O)C(C)OC(=O)c1ccccc1[N+](=O)[O-]. The van der Waals surface area contributed by atoms with Crippen LogP contribution in [0, 0.1) is 10.1 Å². The van der Waals surface area contributed by atoms with Gasteiger partial charge in [0, 0.05) is 11.8 Å². The zero-order chi connectivity index (χ0) is 20.0. The Hall–Kier alpha value is -3.22. The molecule has 0 aliphatic carbocycles. The van der Waals surface area contributed by atoms with Crippen molar-refractivity contribution in [1.82, 2.24) is 0 Å². The van der Waals surface area contributed by atoms with Gasteiger partial charge < -0.3 is 10.1 Å². The lowest BCUT2D eigenvalue weighted by molar-refractivity contribution is -0.385. The second-order valence-electron chi connectivity index (χ2n) is 6.21. The molecule has 0 spiro atoms. The van der Waals surface area contributed by atoms with Crippen molar-refractivity contribution < 1.29 is 19.2 Å². The molecule has 1 N–H and O–H groups in total. The lowest BCUT2D eigenvalue weighted by Gasteiger charge is -2.18. The molecule has 2 atom stereocenters. The largest absolute Gasteiger partial charge is 0.449 e. The molecule has 2 unspecified atom stereocenters. The maximum absolute atomic E-state index is 12.4. The number of nitro benzene ring substituents is 1. The predicted molar refractivity (Wildman–Crippen MR) is 102 cm³/mol. The highest BCUT2D eigenvalue weighted by Crippen LogP contribution is 2.27. The number of rotatable bonds is 7. The summed E-state index contributed by atoms with van der Waals surface area (Å²) in [5.74, 6) is -1.16. The molecule has 1 amide bonds. The van der Waals surface area contributed by atoms with Gasteiger partial charge in [-0.2, -0.15) is 0 Å². The third kappa shape index (κ3) is 4.91. The summed E-state index contributed by atoms with van der Waals surface area (Å²) in [6.45, 7) is 5.54. The van der Waals surface area contributed by atoms with Gasteiger partial charge in [0.15, 0.2) is 6.10 Å². The molecule has 0 radical (unpaired) electrons. The molecule has 2 aromatic carbocycles. The number of para-hydroxylation sites is 2. The lowest BCUT2D eigenvalue weighted by atomic mass is 9.97. The Kier molecular flexibility index (Phi) is 6.65. The molecule has 2 rings (SSSR count). The minimum Gasteiger partial charge on any atom is -0.449 e. The number of amides is 1. The van der Waals surface area contributed by atoms with Crippen LogP contribution >= 0.6 is 0 Å². The van der Waals surface area contributed by atoms with Gasteiger partial charge in [-0.15, -0.1) is 0 Å². The normalized spacial score (nSPS) is 12.7. The number of hydrogen-bond acceptors (Lipinski definition) is 5. The zero-order valence-corrected chi connectivity index (χ0v) is 15.5. The summed E-state index contributed by atoms with van der Waals surface area (Å²) in [6, 6.07) is 12.9. The fourth-order valence-electron chi connectivity index (χ4n) is 2.58. The Bertz CT molecular complexity index is 850. The summed E-state index contributed by atoms with van der Waals surface area (Å²) in [4.78, 5) is 35.1. The molecule has 27 heavy (non-hydrogen) atoms. The van der Waals surface area contributed by atoms with Crippen LogP contribution in [0.15, 0.2) is 48.5 Å². The molecule has 0 fully saturated rings. The van der Waals surface area contributed by atoms with Crippen molar-refractivity contribution in [3.8, 4) is 0 Å². The van der Waals surface area contributed by atoms with Crippen LogP contribution in [-0.2, 0) is 9.53 Å². The minimum absolute atomic E-state index is 0.192. The molecule has 0 heterocycles. The van der Waals surface area contributed by atoms with Crippen LogP contribution in [0.4, 0.5) is 11.4 Å². The fourth-order valence-corrected chi connectivity index (χ4v) is 2.58. The van der Waals surface area contributed by atoms with Crippen molar-refractivity contribution in [2.75, 3.05) is 5.32 Å². The number of hydrogen-bond donors (Lipinski definition) is 1. The van der Waals surface area contributed by atoms with Gasteiger partial charge in [-0.05, 0) is 37.0 Å². The van der Waals surface area contributed by atoms with E-state index in [1.54, 1.807) is 6.07 Å². The van der Waals surface area contributed by atoms with E-state index in [9.17, 15) is 19.7 Å². The number of esters is 1. The van der Waals surface area contributed by atoms with Gasteiger partial charge >= 0.3 is 5.97 Å². The van der Waals surface area contributed by atoms with E-state index in [1.165, 1.54) is 31.2 Å². The first-order chi connectivity index (χ1) is 12.8. The highest BCUT2D eigenvalue weighted by Gasteiger charge is 2.25. The summed E-state index contributed by atoms with van der Waals surface area (Å²) in [5, 5.41) is 13.8. The smallest absolute Gasteiger partial charge is 0.345 e. The molecule has 0 aliphatic heterocycles. The number of nitrogens with one attached hydrogen (secondary N) is 1. The molecule has 0 saturated heterocycles. The standard InChI is InChI=1S/C20H22N2O5/c1-4-13(2)15-9-5-7-11-17(15)21-19(23)14(3)27-20(24)16-10-6-8-12-18(16)22(25)26/h5-14H,4H2,1-3H3,(H,21,23). The van der Waals surface area contributed by atoms with Crippen molar-refractivity contribution >= 4 is 23.3 Å². The van der Waals surface area contributed by atoms with Crippen LogP contribution < -0.4 is 5.32 Å². The van der Waals surface area contributed by atoms with Crippen molar-refractivity contribution in [2.45, 2.75) is 39.2 Å². The van der Waals surface area contributed by atoms with Crippen molar-refractivity contribution in [1.29, 1.82) is 0 Å². The Morgan fingerprint density at radius 1 is 1.11 bits per heavy atom. The number of nitrogens with zero attached hydrogens (tertiary/aromatic N) is 1. The zero-order valence-electron chi connectivity index (χ0n) is 15.5. The lowest BCUT2D eigenvalue weighted by Crippen LogP contribution is -2.30. The number of anilines is 1. The topological polar surface area (TPSA) is 98.5 Å². The summed E-state index contributed by atoms with van der Waals surface area (Å²) in [7, 11) is 0. The molecule has 0 saturated carbocycles. The van der Waals surface area contributed by atoms with Crippen molar-refractivity contribution in [3.63, 3.8) is 0 Å². The fraction of sp³-hybridized carbons (Fsp3) is 0.300. The van der Waals surface area contributed by atoms with Gasteiger partial charge in [0.25, 0.3) is 11.6 Å². The average Bonchev–Trinajstić information content (AvgIpc) is 2.67. The van der Waals surface area contributed by atoms with Crippen molar-refractivity contribution in [2.24, 2.45) is 0 Å². The second kappa shape index (κ2) is 8.93. The Balaban J connectivity index is 2.11. The highest BCUT2D eigenvalue weighted by atomic mass is 16.6. The van der Waals surface area contributed by atoms with Gasteiger partial charge in [0.05, 0.1) is 4.92 Å². The Morgan fingerprint density at radius 2 is 1.74 bits per heavy atom. The van der Waals surface area contributed by atoms with Gasteiger partial charge in [0.1, 0.15) is 5.56 Å². The van der Waals surface area contributed by atoms with E-state index in [1.807, 2.05) is 18.2 Å². The first kappa shape index (κ1) is 20.1. The first-order valence-electron chi connectivity index (χ1n) is 8.69. The van der Waals surface area contributed by atoms with E-state index in [4.69, 9.17) is 4.74 Å². The first-order valence-corrected chi connectivity index (χ1v) is 8.69. The van der Waals surface area contributed by atoms with E-state index in [0.29, 0.717) is 5.69 Å². The molecular formula is C20H22N2O5. The summed E-state index contributed by atoms with van der Waals surface area (Å²) in [6.07, 6.45) is -0.197. The number of ether oxygens (including phenoxy) is 1. The molecule has 142 valence electrons. The number of carbonyl (C=O) groups is 2. The molecule has 7 nitrogen and oxygen atoms in total. The summed E-state index contributed by atoms with van der Waals surface area (Å²) >= 11 is 0. The quantitative estimate of drug-likeness (QED) is 0.445. The van der Waals surface area contributed by atoms with E-state index in [0.717, 1.165) is 12.0 Å². The predicted octanol–water partition coefficient (Wildman–Crippen LogP) is 4.29. The van der Waals surface area contributed by atoms with E-state index in [2.05, 4.69) is 19.2 Å². The van der Waals surface area contributed by atoms with E-state index >= 15 is 0 Å². The maximum Gasteiger partial charge on any atom is 0.345 e. The van der Waals surface area contributed by atoms with Crippen LogP contribution in [0.3, 0.4) is 0 Å². The minimum atomic E-state index is -1.11. The Labute approximate surface area is 157 Å². The summed E-state index contributed by atoms with van der Waals surface area (Å²) < 4.78 is 5.13. The van der Waals surface area contributed by atoms with E-state index < -0.39 is 22.9 Å². The molecule has 7 heteroatoms. The number of nitro groups is 1. The van der Waals surface area contributed by atoms with Crippen molar-refractivity contribution in [3.05, 3.63) is 69.8 Å². The van der Waals surface area contributed by atoms with Crippen LogP contribution in [0.25, 0.3) is 0 Å². The van der Waals surface area contributed by atoms with Crippen LogP contribution in [-0.4, -0.2) is 22.9 Å². The highest BCUT2D eigenvalue weighted by molar-refractivity contribution is 5.99. The molecule has 2 aromatic rings. The van der Waals surface area contributed by atoms with Crippen LogP contribution in [0.2, 0.25) is 0 Å². The third-order valence-electron chi connectivity index (χ3n) is 4.34. The maximum atomic E-state index is 12.4. The second-order valence-corrected chi connectivity index (χ2v) is 6.21. The third-order valence-corrected chi connectivity index (χ3v) is 4.34. The van der Waals surface area contributed by atoms with Crippen LogP contribution in [0.5, 0.6) is 0 Å². The van der Waals surface area contributed by atoms with Gasteiger partial charge in [-0.3, -0.25) is 14.9 Å². The number of carbonyl (C=O) groups excluding carboxylic acids is 2. The van der Waals surface area contributed by atoms with Gasteiger partial charge in [-0.25, -0.2) is 4.79 Å². The van der Waals surface area contributed by atoms with Gasteiger partial charge in [0.2, 0.25) is 0 Å². The monoisotopic (exact) mass is 370 g/mol. The van der Waals surface area contributed by atoms with E-state index in [-0.39, 0.29) is 17.2 Å². The summed E-state index contributed by atoms with van der Waals surface area (Å²) in [5.41, 5.74) is 1.09. The molecular weight excluding hydrogens is 348 g/mol. The van der Waals surface area contributed by atoms with Crippen LogP contribution in [0.1, 0.15) is 49.0 Å². The van der Waals surface area contributed by atoms with Gasteiger partial charge in [-0.1, -0.05) is 44.2 Å².